The smallest absolute Gasteiger partial charge is 0.219 e. The minimum Gasteiger partial charge on any atom is -0.454 e. The van der Waals surface area contributed by atoms with Gasteiger partial charge in [0.25, 0.3) is 0 Å². The highest BCUT2D eigenvalue weighted by atomic mass is 19.1. The maximum atomic E-state index is 15.7. The maximum absolute atomic E-state index is 15.7. The van der Waals surface area contributed by atoms with Crippen molar-refractivity contribution in [1.82, 2.24) is 0 Å². The number of halogens is 2. The summed E-state index contributed by atoms with van der Waals surface area (Å²) in [4.78, 5) is 0. The molecule has 0 aliphatic heterocycles. The van der Waals surface area contributed by atoms with Crippen molar-refractivity contribution in [3.8, 4) is 33.5 Å². The van der Waals surface area contributed by atoms with E-state index >= 15 is 8.78 Å². The minimum absolute atomic E-state index is 0.00188. The number of nitrogens with zero attached hydrogens (tertiary/aromatic N) is 1. The number of fused-ring (bicyclic) bond motifs is 3. The first-order valence-corrected chi connectivity index (χ1v) is 13.0. The van der Waals surface area contributed by atoms with E-state index in [4.69, 9.17) is 7.16 Å². The first-order valence-electron chi connectivity index (χ1n) is 14.0. The Morgan fingerprint density at radius 3 is 2.10 bits per heavy atom. The van der Waals surface area contributed by atoms with E-state index in [1.54, 1.807) is 17.7 Å². The summed E-state index contributed by atoms with van der Waals surface area (Å²) in [7, 11) is 1.67. The van der Waals surface area contributed by atoms with Gasteiger partial charge in [0.2, 0.25) is 5.69 Å². The fraction of sp³-hybridized carbons (Fsp3) is 0.171. The Morgan fingerprint density at radius 2 is 1.38 bits per heavy atom. The molecule has 0 radical (unpaired) electrons. The maximum Gasteiger partial charge on any atom is 0.219 e. The van der Waals surface area contributed by atoms with Gasteiger partial charge in [0.15, 0.2) is 6.17 Å². The van der Waals surface area contributed by atoms with E-state index in [0.717, 1.165) is 27.5 Å². The van der Waals surface area contributed by atoms with Crippen molar-refractivity contribution >= 4 is 21.9 Å². The van der Waals surface area contributed by atoms with Crippen LogP contribution in [0.15, 0.2) is 95.5 Å². The van der Waals surface area contributed by atoms with Crippen LogP contribution in [0.1, 0.15) is 34.6 Å². The van der Waals surface area contributed by atoms with Gasteiger partial charge in [-0.3, -0.25) is 0 Å². The molecule has 0 aliphatic carbocycles. The summed E-state index contributed by atoms with van der Waals surface area (Å²) >= 11 is 0. The topological polar surface area (TPSA) is 17.0 Å². The van der Waals surface area contributed by atoms with Gasteiger partial charge >= 0.3 is 0 Å². The lowest BCUT2D eigenvalue weighted by Gasteiger charge is -2.18. The number of benzene rings is 4. The van der Waals surface area contributed by atoms with Crippen LogP contribution in [0.4, 0.5) is 8.78 Å². The van der Waals surface area contributed by atoms with Crippen molar-refractivity contribution in [1.29, 1.82) is 0 Å². The lowest BCUT2D eigenvalue weighted by molar-refractivity contribution is -0.661. The summed E-state index contributed by atoms with van der Waals surface area (Å²) in [6.07, 6.45) is -0.00188. The molecule has 0 saturated heterocycles. The monoisotopic (exact) mass is 520 g/mol. The predicted octanol–water partition coefficient (Wildman–Crippen LogP) is 9.30. The number of furan rings is 1. The van der Waals surface area contributed by atoms with Crippen molar-refractivity contribution in [2.24, 2.45) is 7.05 Å². The fourth-order valence-corrected chi connectivity index (χ4v) is 5.28. The average Bonchev–Trinajstić information content (AvgIpc) is 3.31. The SMILES string of the molecule is [2H]c1c(F)c(C(C)(C)C)c([2H])[n+](C)c1-c1c(C)ccc2c1oc1c(-c3cccc(-c4ccccc4)c3)c(F)ccc12. The molecule has 0 aliphatic rings. The molecule has 0 amide bonds. The van der Waals surface area contributed by atoms with Gasteiger partial charge in [0, 0.05) is 16.8 Å². The van der Waals surface area contributed by atoms with E-state index in [1.165, 1.54) is 6.07 Å². The van der Waals surface area contributed by atoms with Crippen LogP contribution in [-0.2, 0) is 12.5 Å². The largest absolute Gasteiger partial charge is 0.454 e. The molecule has 4 aromatic carbocycles. The molecule has 2 nitrogen and oxygen atoms in total. The highest BCUT2D eigenvalue weighted by Gasteiger charge is 2.28. The van der Waals surface area contributed by atoms with Crippen LogP contribution >= 0.6 is 0 Å². The highest BCUT2D eigenvalue weighted by Crippen LogP contribution is 2.42. The number of aromatic nitrogens is 1. The molecule has 0 bridgehead atoms. The Labute approximate surface area is 230 Å². The Balaban J connectivity index is 1.65. The van der Waals surface area contributed by atoms with Crippen LogP contribution in [-0.4, -0.2) is 0 Å². The van der Waals surface area contributed by atoms with Crippen molar-refractivity contribution in [3.05, 3.63) is 114 Å². The van der Waals surface area contributed by atoms with E-state index in [1.807, 2.05) is 94.4 Å². The molecule has 0 N–H and O–H groups in total. The second-order valence-electron chi connectivity index (χ2n) is 11.1. The van der Waals surface area contributed by atoms with Crippen molar-refractivity contribution in [2.75, 3.05) is 0 Å². The average molecular weight is 521 g/mol. The van der Waals surface area contributed by atoms with Gasteiger partial charge in [-0.15, -0.1) is 0 Å². The summed E-state index contributed by atoms with van der Waals surface area (Å²) < 4.78 is 57.0. The Morgan fingerprint density at radius 1 is 0.744 bits per heavy atom. The van der Waals surface area contributed by atoms with Gasteiger partial charge in [-0.2, -0.15) is 0 Å². The van der Waals surface area contributed by atoms with Gasteiger partial charge in [-0.25, -0.2) is 13.3 Å². The Hall–Kier alpha value is -4.31. The standard InChI is InChI=1S/C35H30F2NO/c1-21-14-15-25-26-16-17-28(36)32(24-13-9-12-23(18-24)22-10-7-6-8-11-22)34(26)39-33(25)31(21)30-19-29(37)27(20-38(30)5)35(2,3)4/h6-20H,1-5H3/q+1/i19D,20D. The van der Waals surface area contributed by atoms with Crippen LogP contribution in [0.3, 0.4) is 0 Å². The number of hydrogen-bond acceptors (Lipinski definition) is 1. The highest BCUT2D eigenvalue weighted by molar-refractivity contribution is 6.13. The number of aryl methyl sites for hydroxylation is 1. The van der Waals surface area contributed by atoms with Crippen molar-refractivity contribution in [3.63, 3.8) is 0 Å². The zero-order chi connectivity index (χ0) is 29.2. The van der Waals surface area contributed by atoms with E-state index in [9.17, 15) is 0 Å². The van der Waals surface area contributed by atoms with E-state index in [0.29, 0.717) is 27.9 Å². The third-order valence-corrected chi connectivity index (χ3v) is 7.27. The molecule has 6 aromatic rings. The molecule has 0 fully saturated rings. The third kappa shape index (κ3) is 4.21. The summed E-state index contributed by atoms with van der Waals surface area (Å²) in [5, 5.41) is 1.45. The summed E-state index contributed by atoms with van der Waals surface area (Å²) in [6.45, 7) is 7.36. The fourth-order valence-electron chi connectivity index (χ4n) is 5.28. The summed E-state index contributed by atoms with van der Waals surface area (Å²) in [6, 6.07) is 24.2. The Kier molecular flexibility index (Phi) is 5.32. The van der Waals surface area contributed by atoms with Gasteiger partial charge in [0.1, 0.15) is 31.2 Å². The molecule has 194 valence electrons. The molecule has 4 heteroatoms. The molecule has 2 heterocycles. The molecule has 0 unspecified atom stereocenters. The van der Waals surface area contributed by atoms with Crippen molar-refractivity contribution in [2.45, 2.75) is 33.1 Å². The molecular weight excluding hydrogens is 488 g/mol. The number of hydrogen-bond donors (Lipinski definition) is 0. The Bertz CT molecular complexity index is 1960. The van der Waals surface area contributed by atoms with Crippen LogP contribution in [0.5, 0.6) is 0 Å². The first kappa shape index (κ1) is 22.7. The second-order valence-corrected chi connectivity index (χ2v) is 11.1. The van der Waals surface area contributed by atoms with Gasteiger partial charge in [-0.1, -0.05) is 81.4 Å². The van der Waals surface area contributed by atoms with Gasteiger partial charge < -0.3 is 4.42 Å². The lowest BCUT2D eigenvalue weighted by Crippen LogP contribution is -2.34. The second kappa shape index (κ2) is 9.16. The number of rotatable bonds is 3. The zero-order valence-corrected chi connectivity index (χ0v) is 22.6. The van der Waals surface area contributed by atoms with E-state index in [-0.39, 0.29) is 23.5 Å². The lowest BCUT2D eigenvalue weighted by atomic mass is 9.87. The van der Waals surface area contributed by atoms with E-state index < -0.39 is 17.0 Å². The normalized spacial score (nSPS) is 12.7. The summed E-state index contributed by atoms with van der Waals surface area (Å²) in [5.74, 6) is -1.13. The predicted molar refractivity (Wildman–Crippen MR) is 155 cm³/mol. The first-order chi connectivity index (χ1) is 19.5. The van der Waals surface area contributed by atoms with Crippen LogP contribution in [0.25, 0.3) is 55.4 Å². The minimum atomic E-state index is -0.715. The van der Waals surface area contributed by atoms with E-state index in [2.05, 4.69) is 0 Å². The molecule has 0 spiro atoms. The van der Waals surface area contributed by atoms with Crippen molar-refractivity contribution < 1.29 is 20.5 Å². The molecule has 39 heavy (non-hydrogen) atoms. The molecule has 6 rings (SSSR count). The molecule has 0 saturated carbocycles. The zero-order valence-electron chi connectivity index (χ0n) is 24.6. The van der Waals surface area contributed by atoms with Gasteiger partial charge in [0.05, 0.1) is 18.1 Å². The molecular formula is C35H30F2NO+. The van der Waals surface area contributed by atoms with Gasteiger partial charge in [-0.05, 0) is 52.8 Å². The number of pyridine rings is 1. The van der Waals surface area contributed by atoms with Crippen LogP contribution in [0, 0.1) is 18.6 Å². The third-order valence-electron chi connectivity index (χ3n) is 7.27. The molecule has 0 atom stereocenters. The quantitative estimate of drug-likeness (QED) is 0.213. The van der Waals surface area contributed by atoms with Crippen LogP contribution < -0.4 is 4.57 Å². The summed E-state index contributed by atoms with van der Waals surface area (Å²) in [5.41, 5.74) is 4.84. The van der Waals surface area contributed by atoms with Crippen LogP contribution in [0.2, 0.25) is 0 Å². The molecule has 2 aromatic heterocycles.